The minimum absolute atomic E-state index is 0.183. The minimum atomic E-state index is -1.29. The monoisotopic (exact) mass is 605 g/mol. The van der Waals surface area contributed by atoms with Gasteiger partial charge < -0.3 is 45.8 Å². The molecular formula is C29H35NO11S. The molecule has 0 aromatic heterocycles. The smallest absolute Gasteiger partial charge is 0.335 e. The van der Waals surface area contributed by atoms with Gasteiger partial charge in [0.25, 0.3) is 5.24 Å². The second-order valence-corrected chi connectivity index (χ2v) is 10.1. The van der Waals surface area contributed by atoms with Crippen LogP contribution < -0.4 is 0 Å². The highest BCUT2D eigenvalue weighted by Gasteiger charge is 2.21. The van der Waals surface area contributed by atoms with Gasteiger partial charge in [0.2, 0.25) is 0 Å². The summed E-state index contributed by atoms with van der Waals surface area (Å²) in [5.74, 6) is -5.42. The van der Waals surface area contributed by atoms with E-state index in [4.69, 9.17) is 40.9 Å². The summed E-state index contributed by atoms with van der Waals surface area (Å²) in [6.07, 6.45) is 0. The highest BCUT2D eigenvalue weighted by Crippen LogP contribution is 2.36. The molecule has 1 amide bonds. The van der Waals surface area contributed by atoms with E-state index in [0.717, 1.165) is 36.6 Å². The summed E-state index contributed by atoms with van der Waals surface area (Å²) >= 11 is 1.39. The number of rotatable bonds is 7. The van der Waals surface area contributed by atoms with E-state index in [0.29, 0.717) is 12.0 Å². The quantitative estimate of drug-likeness (QED) is 0.159. The second kappa shape index (κ2) is 16.5. The molecule has 12 nitrogen and oxygen atoms in total. The maximum Gasteiger partial charge on any atom is 0.335 e. The van der Waals surface area contributed by atoms with Gasteiger partial charge in [-0.2, -0.15) is 0 Å². The Morgan fingerprint density at radius 2 is 1.10 bits per heavy atom. The first-order valence-electron chi connectivity index (χ1n) is 12.5. The van der Waals surface area contributed by atoms with Crippen LogP contribution in [0.4, 0.5) is 4.79 Å². The molecule has 3 aromatic rings. The zero-order chi connectivity index (χ0) is 32.1. The molecule has 3 rings (SSSR count). The molecule has 228 valence electrons. The molecule has 0 saturated heterocycles. The molecule has 0 fully saturated rings. The van der Waals surface area contributed by atoms with Crippen LogP contribution in [0, 0.1) is 5.92 Å². The number of aromatic carboxylic acids is 2. The van der Waals surface area contributed by atoms with Gasteiger partial charge in [0.1, 0.15) is 0 Å². The van der Waals surface area contributed by atoms with Crippen LogP contribution in [-0.4, -0.2) is 75.5 Å². The SMILES string of the molecule is CCN(C(=O)SCc1ccccc1)C(C)C(C)C.O=C(O)c1cc(O)c(O)c(O)c1.O=C(O)c1cc(O)c(O)c(O)c1. The number of benzene rings is 3. The van der Waals surface area contributed by atoms with Crippen LogP contribution in [0.2, 0.25) is 0 Å². The third-order valence-electron chi connectivity index (χ3n) is 5.87. The summed E-state index contributed by atoms with van der Waals surface area (Å²) in [5, 5.41) is 70.1. The minimum Gasteiger partial charge on any atom is -0.504 e. The van der Waals surface area contributed by atoms with Crippen molar-refractivity contribution in [3.05, 3.63) is 71.3 Å². The van der Waals surface area contributed by atoms with E-state index in [-0.39, 0.29) is 16.4 Å². The van der Waals surface area contributed by atoms with E-state index in [2.05, 4.69) is 32.9 Å². The van der Waals surface area contributed by atoms with Crippen molar-refractivity contribution in [2.75, 3.05) is 6.54 Å². The average molecular weight is 606 g/mol. The molecule has 0 saturated carbocycles. The van der Waals surface area contributed by atoms with Gasteiger partial charge in [-0.3, -0.25) is 4.79 Å². The average Bonchev–Trinajstić information content (AvgIpc) is 2.94. The lowest BCUT2D eigenvalue weighted by Crippen LogP contribution is -2.39. The number of carbonyl (C=O) groups is 3. The zero-order valence-corrected chi connectivity index (χ0v) is 24.2. The Morgan fingerprint density at radius 1 is 0.714 bits per heavy atom. The van der Waals surface area contributed by atoms with E-state index >= 15 is 0 Å². The van der Waals surface area contributed by atoms with Crippen LogP contribution in [0.3, 0.4) is 0 Å². The van der Waals surface area contributed by atoms with Crippen molar-refractivity contribution in [1.82, 2.24) is 4.90 Å². The number of thioether (sulfide) groups is 1. The number of hydrogen-bond donors (Lipinski definition) is 8. The zero-order valence-electron chi connectivity index (χ0n) is 23.4. The first-order chi connectivity index (χ1) is 19.6. The van der Waals surface area contributed by atoms with Gasteiger partial charge in [-0.05, 0) is 49.6 Å². The van der Waals surface area contributed by atoms with Crippen molar-refractivity contribution >= 4 is 28.9 Å². The number of hydrogen-bond acceptors (Lipinski definition) is 10. The molecule has 1 unspecified atom stereocenters. The van der Waals surface area contributed by atoms with Crippen molar-refractivity contribution in [2.45, 2.75) is 39.5 Å². The van der Waals surface area contributed by atoms with Gasteiger partial charge in [0, 0.05) is 18.3 Å². The van der Waals surface area contributed by atoms with Crippen LogP contribution in [0.5, 0.6) is 34.5 Å². The van der Waals surface area contributed by atoms with Gasteiger partial charge in [-0.1, -0.05) is 55.9 Å². The highest BCUT2D eigenvalue weighted by atomic mass is 32.2. The fourth-order valence-electron chi connectivity index (χ4n) is 3.20. The fraction of sp³-hybridized carbons (Fsp3) is 0.276. The van der Waals surface area contributed by atoms with Crippen molar-refractivity contribution in [2.24, 2.45) is 5.92 Å². The number of phenols is 6. The number of carboxylic acids is 2. The maximum absolute atomic E-state index is 12.2. The number of aromatic hydroxyl groups is 6. The van der Waals surface area contributed by atoms with Gasteiger partial charge in [0.05, 0.1) is 11.1 Å². The third kappa shape index (κ3) is 10.7. The largest absolute Gasteiger partial charge is 0.504 e. The van der Waals surface area contributed by atoms with E-state index < -0.39 is 46.4 Å². The van der Waals surface area contributed by atoms with E-state index in [1.807, 2.05) is 30.0 Å². The lowest BCUT2D eigenvalue weighted by molar-refractivity contribution is 0.0685. The standard InChI is InChI=1S/C15H23NOS.2C7H6O5/c1-5-16(13(4)12(2)3)15(17)18-11-14-9-7-6-8-10-14;2*8-4-1-3(7(11)12)2-5(9)6(4)10/h6-10,12-13H,5,11H2,1-4H3;2*1-2,8-10H,(H,11,12). The van der Waals surface area contributed by atoms with Crippen molar-refractivity contribution in [3.63, 3.8) is 0 Å². The summed E-state index contributed by atoms with van der Waals surface area (Å²) in [5.41, 5.74) is 0.620. The molecule has 0 radical (unpaired) electrons. The molecule has 13 heteroatoms. The molecule has 8 N–H and O–H groups in total. The van der Waals surface area contributed by atoms with Crippen LogP contribution >= 0.6 is 11.8 Å². The Hall–Kier alpha value is -4.78. The lowest BCUT2D eigenvalue weighted by Gasteiger charge is -2.30. The molecule has 0 heterocycles. The summed E-state index contributed by atoms with van der Waals surface area (Å²) in [7, 11) is 0. The van der Waals surface area contributed by atoms with Crippen LogP contribution in [0.15, 0.2) is 54.6 Å². The van der Waals surface area contributed by atoms with Crippen LogP contribution in [0.25, 0.3) is 0 Å². The molecule has 1 atom stereocenters. The second-order valence-electron chi connectivity index (χ2n) is 9.15. The third-order valence-corrected chi connectivity index (χ3v) is 6.83. The molecule has 0 bridgehead atoms. The Morgan fingerprint density at radius 3 is 1.40 bits per heavy atom. The normalized spacial score (nSPS) is 10.9. The molecular weight excluding hydrogens is 570 g/mol. The van der Waals surface area contributed by atoms with Crippen LogP contribution in [0.1, 0.15) is 54.0 Å². The maximum atomic E-state index is 12.2. The van der Waals surface area contributed by atoms with Gasteiger partial charge in [-0.15, -0.1) is 0 Å². The number of nitrogens with zero attached hydrogens (tertiary/aromatic N) is 1. The summed E-state index contributed by atoms with van der Waals surface area (Å²) < 4.78 is 0. The van der Waals surface area contributed by atoms with Crippen molar-refractivity contribution < 1.29 is 55.2 Å². The van der Waals surface area contributed by atoms with E-state index in [9.17, 15) is 14.4 Å². The molecule has 42 heavy (non-hydrogen) atoms. The summed E-state index contributed by atoms with van der Waals surface area (Å²) in [6, 6.07) is 13.8. The van der Waals surface area contributed by atoms with E-state index in [1.54, 1.807) is 0 Å². The predicted molar refractivity (Wildman–Crippen MR) is 157 cm³/mol. The topological polar surface area (TPSA) is 216 Å². The lowest BCUT2D eigenvalue weighted by atomic mass is 10.1. The van der Waals surface area contributed by atoms with E-state index in [1.165, 1.54) is 17.3 Å². The summed E-state index contributed by atoms with van der Waals surface area (Å²) in [6.45, 7) is 9.25. The Balaban J connectivity index is 0.000000325. The number of carboxylic acid groups (broad SMARTS) is 2. The van der Waals surface area contributed by atoms with Gasteiger partial charge in [-0.25, -0.2) is 9.59 Å². The number of carbonyl (C=O) groups excluding carboxylic acids is 1. The first kappa shape index (κ1) is 35.2. The predicted octanol–water partition coefficient (Wildman–Crippen LogP) is 5.41. The van der Waals surface area contributed by atoms with Crippen molar-refractivity contribution in [1.29, 1.82) is 0 Å². The summed E-state index contributed by atoms with van der Waals surface area (Å²) in [4.78, 5) is 34.8. The Bertz CT molecular complexity index is 1250. The Kier molecular flexibility index (Phi) is 13.8. The first-order valence-corrected chi connectivity index (χ1v) is 13.5. The molecule has 0 aliphatic heterocycles. The fourth-order valence-corrected chi connectivity index (χ4v) is 4.14. The number of phenolic OH excluding ortho intramolecular Hbond substituents is 6. The molecule has 0 aliphatic carbocycles. The molecule has 0 spiro atoms. The van der Waals surface area contributed by atoms with Gasteiger partial charge in [0.15, 0.2) is 34.5 Å². The van der Waals surface area contributed by atoms with Gasteiger partial charge >= 0.3 is 11.9 Å². The Labute approximate surface area is 246 Å². The molecule has 3 aromatic carbocycles. The molecule has 0 aliphatic rings. The number of amides is 1. The highest BCUT2D eigenvalue weighted by molar-refractivity contribution is 8.12. The van der Waals surface area contributed by atoms with Crippen LogP contribution in [-0.2, 0) is 5.75 Å². The van der Waals surface area contributed by atoms with Crippen molar-refractivity contribution in [3.8, 4) is 34.5 Å².